The number of aryl methyl sites for hydroxylation is 1. The first-order valence-electron chi connectivity index (χ1n) is 8.48. The zero-order valence-electron chi connectivity index (χ0n) is 14.9. The fraction of sp³-hybridized carbons (Fsp3) is 0.211. The van der Waals surface area contributed by atoms with Crippen molar-refractivity contribution in [1.29, 1.82) is 0 Å². The van der Waals surface area contributed by atoms with E-state index in [0.29, 0.717) is 35.5 Å². The minimum absolute atomic E-state index is 0.0496. The van der Waals surface area contributed by atoms with Crippen molar-refractivity contribution in [2.75, 3.05) is 25.0 Å². The second-order valence-corrected chi connectivity index (χ2v) is 6.20. The van der Waals surface area contributed by atoms with E-state index in [2.05, 4.69) is 20.6 Å². The monoisotopic (exact) mass is 385 g/mol. The average Bonchev–Trinajstić information content (AvgIpc) is 3.19. The van der Waals surface area contributed by atoms with Crippen LogP contribution in [0.3, 0.4) is 0 Å². The minimum atomic E-state index is -0.196. The molecule has 2 aromatic heterocycles. The zero-order valence-corrected chi connectivity index (χ0v) is 15.6. The molecule has 8 heteroatoms. The van der Waals surface area contributed by atoms with Gasteiger partial charge < -0.3 is 19.9 Å². The molecule has 0 aliphatic heterocycles. The van der Waals surface area contributed by atoms with Gasteiger partial charge in [-0.15, -0.1) is 0 Å². The van der Waals surface area contributed by atoms with Crippen LogP contribution in [0.15, 0.2) is 54.9 Å². The van der Waals surface area contributed by atoms with Crippen molar-refractivity contribution in [3.8, 4) is 11.6 Å². The lowest BCUT2D eigenvalue weighted by Crippen LogP contribution is -2.32. The number of aromatic nitrogens is 3. The summed E-state index contributed by atoms with van der Waals surface area (Å²) in [4.78, 5) is 20.6. The molecule has 0 atom stereocenters. The van der Waals surface area contributed by atoms with Crippen LogP contribution in [-0.2, 0) is 4.79 Å². The van der Waals surface area contributed by atoms with E-state index in [1.54, 1.807) is 24.3 Å². The van der Waals surface area contributed by atoms with E-state index >= 15 is 0 Å². The molecular weight excluding hydrogens is 366 g/mol. The number of halogens is 1. The van der Waals surface area contributed by atoms with E-state index in [1.807, 2.05) is 42.1 Å². The lowest BCUT2D eigenvalue weighted by atomic mass is 10.3. The number of hydrogen-bond acceptors (Lipinski definition) is 5. The fourth-order valence-corrected chi connectivity index (χ4v) is 2.51. The van der Waals surface area contributed by atoms with Crippen molar-refractivity contribution in [1.82, 2.24) is 19.9 Å². The second kappa shape index (κ2) is 9.05. The Labute approximate surface area is 162 Å². The molecule has 140 valence electrons. The number of ether oxygens (including phenoxy) is 1. The molecule has 0 spiro atoms. The average molecular weight is 386 g/mol. The summed E-state index contributed by atoms with van der Waals surface area (Å²) in [6.45, 7) is 2.78. The molecule has 0 saturated carbocycles. The first-order valence-corrected chi connectivity index (χ1v) is 8.86. The Kier molecular flexibility index (Phi) is 6.27. The van der Waals surface area contributed by atoms with Crippen LogP contribution in [0.25, 0.3) is 5.82 Å². The van der Waals surface area contributed by atoms with Crippen molar-refractivity contribution in [3.63, 3.8) is 0 Å². The molecule has 3 rings (SSSR count). The van der Waals surface area contributed by atoms with Gasteiger partial charge in [-0.25, -0.2) is 9.97 Å². The van der Waals surface area contributed by atoms with Crippen LogP contribution in [0.1, 0.15) is 5.82 Å². The van der Waals surface area contributed by atoms with Crippen LogP contribution in [0, 0.1) is 6.92 Å². The second-order valence-electron chi connectivity index (χ2n) is 5.77. The number of benzene rings is 1. The molecule has 2 heterocycles. The van der Waals surface area contributed by atoms with Gasteiger partial charge in [-0.2, -0.15) is 0 Å². The first-order chi connectivity index (χ1) is 13.1. The Balaban J connectivity index is 1.42. The van der Waals surface area contributed by atoms with Crippen molar-refractivity contribution >= 4 is 23.3 Å². The van der Waals surface area contributed by atoms with E-state index in [4.69, 9.17) is 16.3 Å². The number of anilines is 1. The predicted molar refractivity (Wildman–Crippen MR) is 105 cm³/mol. The van der Waals surface area contributed by atoms with Crippen molar-refractivity contribution in [3.05, 3.63) is 65.7 Å². The van der Waals surface area contributed by atoms with Crippen LogP contribution in [-0.4, -0.2) is 40.1 Å². The third-order valence-electron chi connectivity index (χ3n) is 3.63. The van der Waals surface area contributed by atoms with Gasteiger partial charge in [0, 0.05) is 36.6 Å². The van der Waals surface area contributed by atoms with Gasteiger partial charge in [0.05, 0.1) is 0 Å². The number of carbonyl (C=O) groups excluding carboxylic acids is 1. The highest BCUT2D eigenvalue weighted by Crippen LogP contribution is 2.15. The minimum Gasteiger partial charge on any atom is -0.484 e. The van der Waals surface area contributed by atoms with Crippen LogP contribution in [0.5, 0.6) is 5.75 Å². The molecule has 0 aliphatic carbocycles. The van der Waals surface area contributed by atoms with Gasteiger partial charge >= 0.3 is 0 Å². The Morgan fingerprint density at radius 1 is 1.15 bits per heavy atom. The Morgan fingerprint density at radius 2 is 1.89 bits per heavy atom. The van der Waals surface area contributed by atoms with E-state index < -0.39 is 0 Å². The summed E-state index contributed by atoms with van der Waals surface area (Å²) < 4.78 is 7.31. The lowest BCUT2D eigenvalue weighted by molar-refractivity contribution is -0.123. The summed E-state index contributed by atoms with van der Waals surface area (Å²) in [6, 6.07) is 12.6. The number of hydrogen-bond donors (Lipinski definition) is 2. The molecule has 0 aliphatic rings. The molecule has 3 aromatic rings. The van der Waals surface area contributed by atoms with Gasteiger partial charge in [0.15, 0.2) is 6.61 Å². The largest absolute Gasteiger partial charge is 0.484 e. The smallest absolute Gasteiger partial charge is 0.258 e. The van der Waals surface area contributed by atoms with E-state index in [9.17, 15) is 4.79 Å². The standard InChI is InChI=1S/C19H20ClN5O2/c1-14-23-17(12-18(24-14)25-10-2-3-11-25)21-8-9-22-19(26)13-27-16-6-4-15(20)5-7-16/h2-7,10-12H,8-9,13H2,1H3,(H,22,26)(H,21,23,24). The summed E-state index contributed by atoms with van der Waals surface area (Å²) in [6.07, 6.45) is 3.85. The first kappa shape index (κ1) is 18.7. The molecule has 0 fully saturated rings. The molecule has 2 N–H and O–H groups in total. The van der Waals surface area contributed by atoms with Gasteiger partial charge in [-0.3, -0.25) is 4.79 Å². The quantitative estimate of drug-likeness (QED) is 0.583. The highest BCUT2D eigenvalue weighted by Gasteiger charge is 2.05. The number of nitrogens with zero attached hydrogens (tertiary/aromatic N) is 3. The zero-order chi connectivity index (χ0) is 19.1. The summed E-state index contributed by atoms with van der Waals surface area (Å²) >= 11 is 5.81. The molecule has 7 nitrogen and oxygen atoms in total. The summed E-state index contributed by atoms with van der Waals surface area (Å²) in [7, 11) is 0. The van der Waals surface area contributed by atoms with Crippen LogP contribution in [0.4, 0.5) is 5.82 Å². The molecule has 0 saturated heterocycles. The third-order valence-corrected chi connectivity index (χ3v) is 3.88. The number of carbonyl (C=O) groups is 1. The SMILES string of the molecule is Cc1nc(NCCNC(=O)COc2ccc(Cl)cc2)cc(-n2cccc2)n1. The maximum Gasteiger partial charge on any atom is 0.258 e. The van der Waals surface area contributed by atoms with Gasteiger partial charge in [0.25, 0.3) is 5.91 Å². The van der Waals surface area contributed by atoms with Gasteiger partial charge in [-0.1, -0.05) is 11.6 Å². The van der Waals surface area contributed by atoms with Crippen LogP contribution >= 0.6 is 11.6 Å². The maximum atomic E-state index is 11.8. The molecule has 0 unspecified atom stereocenters. The van der Waals surface area contributed by atoms with Crippen molar-refractivity contribution < 1.29 is 9.53 Å². The highest BCUT2D eigenvalue weighted by molar-refractivity contribution is 6.30. The van der Waals surface area contributed by atoms with Gasteiger partial charge in [0.1, 0.15) is 23.2 Å². The summed E-state index contributed by atoms with van der Waals surface area (Å²) in [5.74, 6) is 2.57. The molecule has 27 heavy (non-hydrogen) atoms. The number of rotatable bonds is 8. The lowest BCUT2D eigenvalue weighted by Gasteiger charge is -2.10. The fourth-order valence-electron chi connectivity index (χ4n) is 2.39. The van der Waals surface area contributed by atoms with Crippen LogP contribution in [0.2, 0.25) is 5.02 Å². The number of nitrogens with one attached hydrogen (secondary N) is 2. The topological polar surface area (TPSA) is 81.1 Å². The van der Waals surface area contributed by atoms with E-state index in [-0.39, 0.29) is 12.5 Å². The summed E-state index contributed by atoms with van der Waals surface area (Å²) in [5, 5.41) is 6.60. The van der Waals surface area contributed by atoms with Crippen molar-refractivity contribution in [2.24, 2.45) is 0 Å². The molecule has 1 amide bonds. The van der Waals surface area contributed by atoms with E-state index in [0.717, 1.165) is 5.82 Å². The van der Waals surface area contributed by atoms with Crippen molar-refractivity contribution in [2.45, 2.75) is 6.92 Å². The Hall–Kier alpha value is -3.06. The summed E-state index contributed by atoms with van der Waals surface area (Å²) in [5.41, 5.74) is 0. The third kappa shape index (κ3) is 5.72. The molecule has 0 radical (unpaired) electrons. The number of amides is 1. The molecule has 0 bridgehead atoms. The molecular formula is C19H20ClN5O2. The van der Waals surface area contributed by atoms with Crippen LogP contribution < -0.4 is 15.4 Å². The predicted octanol–water partition coefficient (Wildman–Crippen LogP) is 2.84. The molecule has 1 aromatic carbocycles. The highest BCUT2D eigenvalue weighted by atomic mass is 35.5. The van der Waals surface area contributed by atoms with Gasteiger partial charge in [0.2, 0.25) is 0 Å². The normalized spacial score (nSPS) is 10.4. The Morgan fingerprint density at radius 3 is 2.63 bits per heavy atom. The van der Waals surface area contributed by atoms with E-state index in [1.165, 1.54) is 0 Å². The Bertz CT molecular complexity index is 882. The van der Waals surface area contributed by atoms with Gasteiger partial charge in [-0.05, 0) is 43.3 Å². The maximum absolute atomic E-state index is 11.8.